The van der Waals surface area contributed by atoms with Gasteiger partial charge in [0, 0.05) is 11.3 Å². The second-order valence-electron chi connectivity index (χ2n) is 4.15. The first-order valence-corrected chi connectivity index (χ1v) is 6.33. The van der Waals surface area contributed by atoms with Crippen molar-refractivity contribution < 1.29 is 9.21 Å². The molecule has 20 heavy (non-hydrogen) atoms. The third kappa shape index (κ3) is 3.64. The van der Waals surface area contributed by atoms with Crippen LogP contribution in [0.25, 0.3) is 0 Å². The number of halogens is 1. The highest BCUT2D eigenvalue weighted by Gasteiger charge is 2.11. The van der Waals surface area contributed by atoms with E-state index < -0.39 is 0 Å². The Balaban J connectivity index is 2.20. The number of carbonyl (C=O) groups is 1. The van der Waals surface area contributed by atoms with Crippen LogP contribution in [0.2, 0.25) is 5.22 Å². The van der Waals surface area contributed by atoms with Gasteiger partial charge in [0.15, 0.2) is 11.0 Å². The number of hydrogen-bond donors (Lipinski definition) is 2. The van der Waals surface area contributed by atoms with E-state index in [-0.39, 0.29) is 16.9 Å². The molecular formula is C15H13ClN2O2. The lowest BCUT2D eigenvalue weighted by Gasteiger charge is -2.05. The Labute approximate surface area is 121 Å². The Bertz CT molecular complexity index is 695. The predicted octanol–water partition coefficient (Wildman–Crippen LogP) is 2.80. The number of amides is 1. The molecule has 0 aliphatic carbocycles. The maximum Gasteiger partial charge on any atom is 0.291 e. The Morgan fingerprint density at radius 3 is 2.85 bits per heavy atom. The van der Waals surface area contributed by atoms with Crippen molar-refractivity contribution in [2.75, 3.05) is 11.9 Å². The highest BCUT2D eigenvalue weighted by atomic mass is 35.5. The molecule has 0 fully saturated rings. The fraction of sp³-hybridized carbons (Fsp3) is 0.133. The van der Waals surface area contributed by atoms with Crippen LogP contribution in [0.1, 0.15) is 21.7 Å². The van der Waals surface area contributed by atoms with E-state index in [1.165, 1.54) is 12.1 Å². The lowest BCUT2D eigenvalue weighted by molar-refractivity contribution is 0.0997. The van der Waals surface area contributed by atoms with Crippen LogP contribution < -0.4 is 11.1 Å². The van der Waals surface area contributed by atoms with Crippen molar-refractivity contribution in [3.8, 4) is 11.8 Å². The number of aryl methyl sites for hydroxylation is 1. The summed E-state index contributed by atoms with van der Waals surface area (Å²) in [5.41, 5.74) is 7.77. The number of anilines is 1. The van der Waals surface area contributed by atoms with Gasteiger partial charge in [-0.3, -0.25) is 4.79 Å². The van der Waals surface area contributed by atoms with Gasteiger partial charge in [-0.05, 0) is 54.4 Å². The smallest absolute Gasteiger partial charge is 0.291 e. The zero-order chi connectivity index (χ0) is 14.5. The van der Waals surface area contributed by atoms with Gasteiger partial charge in [-0.15, -0.1) is 0 Å². The van der Waals surface area contributed by atoms with Gasteiger partial charge in [0.05, 0.1) is 6.54 Å². The molecule has 2 rings (SSSR count). The molecule has 0 saturated heterocycles. The van der Waals surface area contributed by atoms with Gasteiger partial charge in [0.25, 0.3) is 5.91 Å². The van der Waals surface area contributed by atoms with Crippen molar-refractivity contribution in [2.24, 2.45) is 5.73 Å². The monoisotopic (exact) mass is 288 g/mol. The molecule has 0 spiro atoms. The molecule has 0 aliphatic heterocycles. The van der Waals surface area contributed by atoms with Crippen molar-refractivity contribution in [2.45, 2.75) is 6.92 Å². The van der Waals surface area contributed by atoms with Gasteiger partial charge in [-0.1, -0.05) is 11.8 Å². The average molecular weight is 289 g/mol. The minimum absolute atomic E-state index is 0.158. The van der Waals surface area contributed by atoms with Crippen molar-refractivity contribution in [3.05, 3.63) is 52.4 Å². The summed E-state index contributed by atoms with van der Waals surface area (Å²) in [5.74, 6) is 5.51. The minimum atomic E-state index is -0.361. The van der Waals surface area contributed by atoms with Gasteiger partial charge in [-0.2, -0.15) is 0 Å². The lowest BCUT2D eigenvalue weighted by atomic mass is 10.1. The van der Waals surface area contributed by atoms with Crippen LogP contribution in [0.4, 0.5) is 5.69 Å². The van der Waals surface area contributed by atoms with Crippen molar-refractivity contribution in [3.63, 3.8) is 0 Å². The quantitative estimate of drug-likeness (QED) is 0.835. The SMILES string of the molecule is Cc1cc(C#CCN)cc(NC(=O)c2ccc(Cl)o2)c1. The first-order chi connectivity index (χ1) is 9.58. The van der Waals surface area contributed by atoms with Gasteiger partial charge in [0.1, 0.15) is 0 Å². The van der Waals surface area contributed by atoms with Crippen molar-refractivity contribution in [1.82, 2.24) is 0 Å². The van der Waals surface area contributed by atoms with E-state index in [1.54, 1.807) is 6.07 Å². The Morgan fingerprint density at radius 2 is 2.20 bits per heavy atom. The number of benzene rings is 1. The largest absolute Gasteiger partial charge is 0.440 e. The number of rotatable bonds is 2. The molecule has 0 aliphatic rings. The predicted molar refractivity (Wildman–Crippen MR) is 78.8 cm³/mol. The van der Waals surface area contributed by atoms with Gasteiger partial charge < -0.3 is 15.5 Å². The van der Waals surface area contributed by atoms with Gasteiger partial charge in [-0.25, -0.2) is 0 Å². The fourth-order valence-corrected chi connectivity index (χ4v) is 1.86. The topological polar surface area (TPSA) is 68.3 Å². The second-order valence-corrected chi connectivity index (χ2v) is 4.52. The van der Waals surface area contributed by atoms with E-state index >= 15 is 0 Å². The summed E-state index contributed by atoms with van der Waals surface area (Å²) in [4.78, 5) is 11.9. The summed E-state index contributed by atoms with van der Waals surface area (Å²) < 4.78 is 5.05. The number of furan rings is 1. The Hall–Kier alpha value is -2.22. The number of nitrogens with one attached hydrogen (secondary N) is 1. The van der Waals surface area contributed by atoms with Crippen LogP contribution in [0, 0.1) is 18.8 Å². The van der Waals surface area contributed by atoms with Crippen LogP contribution >= 0.6 is 11.6 Å². The molecule has 0 unspecified atom stereocenters. The summed E-state index contributed by atoms with van der Waals surface area (Å²) in [6.45, 7) is 2.22. The normalized spacial score (nSPS) is 9.75. The molecule has 5 heteroatoms. The molecule has 102 valence electrons. The molecule has 2 aromatic rings. The number of hydrogen-bond acceptors (Lipinski definition) is 3. The summed E-state index contributed by atoms with van der Waals surface area (Å²) in [6.07, 6.45) is 0. The molecule has 3 N–H and O–H groups in total. The lowest BCUT2D eigenvalue weighted by Crippen LogP contribution is -2.11. The van der Waals surface area contributed by atoms with Crippen LogP contribution in [-0.4, -0.2) is 12.5 Å². The van der Waals surface area contributed by atoms with E-state index in [1.807, 2.05) is 19.1 Å². The van der Waals surface area contributed by atoms with Gasteiger partial charge >= 0.3 is 0 Å². The summed E-state index contributed by atoms with van der Waals surface area (Å²) >= 11 is 5.64. The van der Waals surface area contributed by atoms with E-state index in [9.17, 15) is 4.79 Å². The van der Waals surface area contributed by atoms with Crippen LogP contribution in [0.5, 0.6) is 0 Å². The average Bonchev–Trinajstić information content (AvgIpc) is 2.82. The Kier molecular flexibility index (Phi) is 4.46. The van der Waals surface area contributed by atoms with E-state index in [2.05, 4.69) is 17.2 Å². The molecule has 1 heterocycles. The summed E-state index contributed by atoms with van der Waals surface area (Å²) in [5, 5.41) is 2.91. The highest BCUT2D eigenvalue weighted by molar-refractivity contribution is 6.29. The maximum atomic E-state index is 11.9. The molecule has 1 aromatic carbocycles. The molecule has 1 aromatic heterocycles. The molecule has 0 bridgehead atoms. The number of carbonyl (C=O) groups excluding carboxylic acids is 1. The number of nitrogens with two attached hydrogens (primary N) is 1. The standard InChI is InChI=1S/C15H13ClN2O2/c1-10-7-11(3-2-6-17)9-12(8-10)18-15(19)13-4-5-14(16)20-13/h4-5,7-9H,6,17H2,1H3,(H,18,19). The first kappa shape index (κ1) is 14.2. The van der Waals surface area contributed by atoms with E-state index in [0.29, 0.717) is 12.2 Å². The van der Waals surface area contributed by atoms with E-state index in [0.717, 1.165) is 11.1 Å². The first-order valence-electron chi connectivity index (χ1n) is 5.96. The van der Waals surface area contributed by atoms with Crippen molar-refractivity contribution in [1.29, 1.82) is 0 Å². The van der Waals surface area contributed by atoms with Crippen LogP contribution in [0.15, 0.2) is 34.7 Å². The Morgan fingerprint density at radius 1 is 1.40 bits per heavy atom. The van der Waals surface area contributed by atoms with Gasteiger partial charge in [0.2, 0.25) is 0 Å². The maximum absolute atomic E-state index is 11.9. The zero-order valence-electron chi connectivity index (χ0n) is 10.9. The van der Waals surface area contributed by atoms with Crippen LogP contribution in [0.3, 0.4) is 0 Å². The van der Waals surface area contributed by atoms with Crippen molar-refractivity contribution >= 4 is 23.2 Å². The van der Waals surface area contributed by atoms with Crippen LogP contribution in [-0.2, 0) is 0 Å². The molecule has 1 amide bonds. The summed E-state index contributed by atoms with van der Waals surface area (Å²) in [7, 11) is 0. The minimum Gasteiger partial charge on any atom is -0.440 e. The van der Waals surface area contributed by atoms with E-state index in [4.69, 9.17) is 21.8 Å². The molecule has 0 atom stereocenters. The second kappa shape index (κ2) is 6.29. The molecular weight excluding hydrogens is 276 g/mol. The molecule has 0 radical (unpaired) electrons. The fourth-order valence-electron chi connectivity index (χ4n) is 1.71. The molecule has 4 nitrogen and oxygen atoms in total. The third-order valence-corrected chi connectivity index (χ3v) is 2.67. The zero-order valence-corrected chi connectivity index (χ0v) is 11.6. The third-order valence-electron chi connectivity index (χ3n) is 2.47. The highest BCUT2D eigenvalue weighted by Crippen LogP contribution is 2.17. The molecule has 0 saturated carbocycles. The summed E-state index contributed by atoms with van der Waals surface area (Å²) in [6, 6.07) is 8.57.